The van der Waals surface area contributed by atoms with Gasteiger partial charge in [-0.1, -0.05) is 22.4 Å². The topological polar surface area (TPSA) is 6.48 Å². The van der Waals surface area contributed by atoms with E-state index in [1.165, 1.54) is 25.8 Å². The van der Waals surface area contributed by atoms with Gasteiger partial charge in [-0.05, 0) is 44.5 Å². The average molecular weight is 327 g/mol. The Morgan fingerprint density at radius 3 is 2.89 bits per heavy atom. The summed E-state index contributed by atoms with van der Waals surface area (Å²) < 4.78 is 15.0. The summed E-state index contributed by atoms with van der Waals surface area (Å²) >= 11 is 3.32. The first kappa shape index (κ1) is 13.4. The minimum Gasteiger partial charge on any atom is -0.364 e. The Labute approximate surface area is 122 Å². The maximum Gasteiger partial charge on any atom is 0.147 e. The highest BCUT2D eigenvalue weighted by atomic mass is 79.9. The summed E-state index contributed by atoms with van der Waals surface area (Å²) in [6.45, 7) is 5.43. The zero-order valence-electron chi connectivity index (χ0n) is 11.3. The fraction of sp³-hybridized carbons (Fsp3) is 0.600. The molecule has 104 valence electrons. The number of halogens is 2. The highest BCUT2D eigenvalue weighted by Crippen LogP contribution is 2.30. The minimum atomic E-state index is -0.120. The van der Waals surface area contributed by atoms with Crippen molar-refractivity contribution < 1.29 is 4.39 Å². The molecule has 0 radical (unpaired) electrons. The van der Waals surface area contributed by atoms with Crippen molar-refractivity contribution in [2.75, 3.05) is 24.5 Å². The molecule has 0 spiro atoms. The Balaban J connectivity index is 1.83. The molecule has 1 aromatic carbocycles. The van der Waals surface area contributed by atoms with Crippen LogP contribution < -0.4 is 4.90 Å². The molecular weight excluding hydrogens is 307 g/mol. The van der Waals surface area contributed by atoms with Crippen LogP contribution in [-0.4, -0.2) is 36.6 Å². The molecular formula is C15H20BrFN2. The molecule has 1 aromatic rings. The molecule has 19 heavy (non-hydrogen) atoms. The minimum absolute atomic E-state index is 0.120. The first-order chi connectivity index (χ1) is 9.15. The molecule has 0 N–H and O–H groups in total. The van der Waals surface area contributed by atoms with Gasteiger partial charge in [-0.2, -0.15) is 0 Å². The molecule has 2 fully saturated rings. The van der Waals surface area contributed by atoms with Crippen molar-refractivity contribution >= 4 is 21.6 Å². The number of anilines is 1. The molecule has 2 aliphatic rings. The lowest BCUT2D eigenvalue weighted by Crippen LogP contribution is -2.59. The normalized spacial score (nSPS) is 28.3. The summed E-state index contributed by atoms with van der Waals surface area (Å²) in [5.74, 6) is -0.120. The SMILES string of the molecule is CC1CN2CCCCC2CN1c1ccc(Br)cc1F. The van der Waals surface area contributed by atoms with Crippen LogP contribution in [-0.2, 0) is 0 Å². The summed E-state index contributed by atoms with van der Waals surface area (Å²) in [4.78, 5) is 4.83. The molecule has 2 heterocycles. The Bertz CT molecular complexity index is 465. The zero-order chi connectivity index (χ0) is 13.4. The number of nitrogens with zero attached hydrogens (tertiary/aromatic N) is 2. The Morgan fingerprint density at radius 2 is 2.11 bits per heavy atom. The molecule has 0 aromatic heterocycles. The van der Waals surface area contributed by atoms with Crippen LogP contribution in [0.25, 0.3) is 0 Å². The highest BCUT2D eigenvalue weighted by Gasteiger charge is 2.33. The van der Waals surface area contributed by atoms with Crippen LogP contribution >= 0.6 is 15.9 Å². The van der Waals surface area contributed by atoms with Gasteiger partial charge in [-0.3, -0.25) is 4.90 Å². The quantitative estimate of drug-likeness (QED) is 0.777. The summed E-state index contributed by atoms with van der Waals surface area (Å²) in [6.07, 6.45) is 3.88. The third kappa shape index (κ3) is 2.65. The van der Waals surface area contributed by atoms with E-state index in [1.807, 2.05) is 12.1 Å². The Kier molecular flexibility index (Phi) is 3.81. The van der Waals surface area contributed by atoms with Crippen LogP contribution in [0.4, 0.5) is 10.1 Å². The number of piperazine rings is 1. The van der Waals surface area contributed by atoms with Crippen molar-refractivity contribution in [1.29, 1.82) is 0 Å². The van der Waals surface area contributed by atoms with Crippen molar-refractivity contribution in [3.05, 3.63) is 28.5 Å². The standard InChI is InChI=1S/C15H20BrFN2/c1-11-9-18-7-3-2-4-13(18)10-19(11)15-6-5-12(16)8-14(15)17/h5-6,8,11,13H,2-4,7,9-10H2,1H3. The molecule has 0 amide bonds. The molecule has 4 heteroatoms. The number of piperidine rings is 1. The van der Waals surface area contributed by atoms with Gasteiger partial charge in [-0.15, -0.1) is 0 Å². The summed E-state index contributed by atoms with van der Waals surface area (Å²) in [5.41, 5.74) is 0.751. The first-order valence-corrected chi connectivity index (χ1v) is 7.90. The Morgan fingerprint density at radius 1 is 1.26 bits per heavy atom. The van der Waals surface area contributed by atoms with E-state index < -0.39 is 0 Å². The van der Waals surface area contributed by atoms with Crippen LogP contribution in [0.15, 0.2) is 22.7 Å². The lowest BCUT2D eigenvalue weighted by Gasteiger charge is -2.48. The third-order valence-electron chi connectivity index (χ3n) is 4.41. The zero-order valence-corrected chi connectivity index (χ0v) is 12.9. The van der Waals surface area contributed by atoms with E-state index in [0.29, 0.717) is 12.1 Å². The second-order valence-electron chi connectivity index (χ2n) is 5.74. The van der Waals surface area contributed by atoms with Crippen LogP contribution in [0.5, 0.6) is 0 Å². The number of hydrogen-bond donors (Lipinski definition) is 0. The summed E-state index contributed by atoms with van der Waals surface area (Å²) in [6, 6.07) is 6.38. The molecule has 3 rings (SSSR count). The molecule has 0 bridgehead atoms. The van der Waals surface area contributed by atoms with Gasteiger partial charge in [-0.25, -0.2) is 4.39 Å². The predicted molar refractivity (Wildman–Crippen MR) is 80.1 cm³/mol. The molecule has 2 unspecified atom stereocenters. The first-order valence-electron chi connectivity index (χ1n) is 7.11. The maximum absolute atomic E-state index is 14.1. The van der Waals surface area contributed by atoms with Gasteiger partial charge in [0.2, 0.25) is 0 Å². The van der Waals surface area contributed by atoms with E-state index in [1.54, 1.807) is 6.07 Å². The van der Waals surface area contributed by atoms with Crippen molar-refractivity contribution in [3.63, 3.8) is 0 Å². The molecule has 2 atom stereocenters. The highest BCUT2D eigenvalue weighted by molar-refractivity contribution is 9.10. The fourth-order valence-electron chi connectivity index (χ4n) is 3.40. The maximum atomic E-state index is 14.1. The van der Waals surface area contributed by atoms with E-state index >= 15 is 0 Å². The second kappa shape index (κ2) is 5.41. The largest absolute Gasteiger partial charge is 0.364 e. The summed E-state index contributed by atoms with van der Waals surface area (Å²) in [5, 5.41) is 0. The predicted octanol–water partition coefficient (Wildman–Crippen LogP) is 3.65. The smallest absolute Gasteiger partial charge is 0.147 e. The van der Waals surface area contributed by atoms with Crippen LogP contribution in [0.3, 0.4) is 0 Å². The van der Waals surface area contributed by atoms with Crippen LogP contribution in [0.1, 0.15) is 26.2 Å². The van der Waals surface area contributed by atoms with E-state index in [2.05, 4.69) is 32.7 Å². The van der Waals surface area contributed by atoms with E-state index in [-0.39, 0.29) is 5.82 Å². The molecule has 0 aliphatic carbocycles. The lowest BCUT2D eigenvalue weighted by molar-refractivity contribution is 0.115. The van der Waals surface area contributed by atoms with Crippen molar-refractivity contribution in [2.45, 2.75) is 38.3 Å². The Hall–Kier alpha value is -0.610. The molecule has 2 saturated heterocycles. The number of fused-ring (bicyclic) bond motifs is 1. The van der Waals surface area contributed by atoms with E-state index in [9.17, 15) is 4.39 Å². The van der Waals surface area contributed by atoms with Crippen molar-refractivity contribution in [1.82, 2.24) is 4.90 Å². The van der Waals surface area contributed by atoms with E-state index in [0.717, 1.165) is 23.2 Å². The lowest BCUT2D eigenvalue weighted by atomic mass is 9.96. The fourth-order valence-corrected chi connectivity index (χ4v) is 3.74. The molecule has 2 nitrogen and oxygen atoms in total. The average Bonchev–Trinajstić information content (AvgIpc) is 2.38. The van der Waals surface area contributed by atoms with Gasteiger partial charge in [0.25, 0.3) is 0 Å². The molecule has 2 aliphatic heterocycles. The second-order valence-corrected chi connectivity index (χ2v) is 6.66. The van der Waals surface area contributed by atoms with Crippen LogP contribution in [0.2, 0.25) is 0 Å². The third-order valence-corrected chi connectivity index (χ3v) is 4.90. The van der Waals surface area contributed by atoms with Crippen molar-refractivity contribution in [2.24, 2.45) is 0 Å². The number of rotatable bonds is 1. The van der Waals surface area contributed by atoms with E-state index in [4.69, 9.17) is 0 Å². The van der Waals surface area contributed by atoms with Crippen molar-refractivity contribution in [3.8, 4) is 0 Å². The van der Waals surface area contributed by atoms with Gasteiger partial charge in [0.15, 0.2) is 0 Å². The van der Waals surface area contributed by atoms with Gasteiger partial charge >= 0.3 is 0 Å². The van der Waals surface area contributed by atoms with Crippen LogP contribution in [0, 0.1) is 5.82 Å². The molecule has 0 saturated carbocycles. The van der Waals surface area contributed by atoms with Gasteiger partial charge in [0, 0.05) is 29.6 Å². The number of benzene rings is 1. The monoisotopic (exact) mass is 326 g/mol. The van der Waals surface area contributed by atoms with Gasteiger partial charge in [0.1, 0.15) is 5.82 Å². The van der Waals surface area contributed by atoms with Gasteiger partial charge in [0.05, 0.1) is 5.69 Å². The summed E-state index contributed by atoms with van der Waals surface area (Å²) in [7, 11) is 0. The number of hydrogen-bond acceptors (Lipinski definition) is 2. The van der Waals surface area contributed by atoms with Gasteiger partial charge < -0.3 is 4.90 Å².